The quantitative estimate of drug-likeness (QED) is 0.647. The molecule has 1 saturated heterocycles. The van der Waals surface area contributed by atoms with Crippen molar-refractivity contribution in [3.63, 3.8) is 0 Å². The lowest BCUT2D eigenvalue weighted by Gasteiger charge is -2.32. The summed E-state index contributed by atoms with van der Waals surface area (Å²) < 4.78 is 29.2. The van der Waals surface area contributed by atoms with E-state index < -0.39 is 11.6 Å². The number of nitrogens with zero attached hydrogens (tertiary/aromatic N) is 7. The molecule has 0 bridgehead atoms. The zero-order valence-corrected chi connectivity index (χ0v) is 18.7. The maximum absolute atomic E-state index is 13.9. The minimum Gasteiger partial charge on any atom is -0.353 e. The first kappa shape index (κ1) is 22.0. The van der Waals surface area contributed by atoms with Gasteiger partial charge in [-0.3, -0.25) is 9.78 Å². The van der Waals surface area contributed by atoms with Gasteiger partial charge in [-0.1, -0.05) is 0 Å². The van der Waals surface area contributed by atoms with Gasteiger partial charge in [0.15, 0.2) is 11.6 Å². The van der Waals surface area contributed by atoms with Crippen LogP contribution in [-0.4, -0.2) is 68.3 Å². The largest absolute Gasteiger partial charge is 0.353 e. The van der Waals surface area contributed by atoms with Gasteiger partial charge in [0.2, 0.25) is 5.91 Å². The van der Waals surface area contributed by atoms with Gasteiger partial charge in [0.25, 0.3) is 5.92 Å². The fourth-order valence-electron chi connectivity index (χ4n) is 3.81. The Kier molecular flexibility index (Phi) is 5.32. The van der Waals surface area contributed by atoms with Crippen molar-refractivity contribution in [2.75, 3.05) is 37.4 Å². The van der Waals surface area contributed by atoms with Crippen molar-refractivity contribution < 1.29 is 13.6 Å². The number of carbonyl (C=O) groups excluding carboxylic acids is 1. The van der Waals surface area contributed by atoms with Crippen molar-refractivity contribution in [3.8, 4) is 5.82 Å². The highest BCUT2D eigenvalue weighted by Gasteiger charge is 2.37. The van der Waals surface area contributed by atoms with Gasteiger partial charge in [-0.05, 0) is 27.4 Å². The summed E-state index contributed by atoms with van der Waals surface area (Å²) in [5.74, 6) is -2.23. The van der Waals surface area contributed by atoms with Gasteiger partial charge in [0, 0.05) is 44.7 Å². The van der Waals surface area contributed by atoms with Crippen LogP contribution in [-0.2, 0) is 10.7 Å². The monoisotopic (exact) mass is 444 g/mol. The lowest BCUT2D eigenvalue weighted by atomic mass is 10.0. The average Bonchev–Trinajstić information content (AvgIpc) is 3.28. The minimum atomic E-state index is -3.14. The van der Waals surface area contributed by atoms with Crippen LogP contribution in [0.3, 0.4) is 0 Å². The number of nitrogens with one attached hydrogen (secondary N) is 1. The summed E-state index contributed by atoms with van der Waals surface area (Å²) in [4.78, 5) is 28.3. The van der Waals surface area contributed by atoms with Crippen LogP contribution in [0.5, 0.6) is 0 Å². The molecule has 1 aliphatic heterocycles. The molecule has 1 N–H and O–H groups in total. The Hall–Kier alpha value is -3.21. The Morgan fingerprint density at radius 2 is 2.03 bits per heavy atom. The van der Waals surface area contributed by atoms with Crippen molar-refractivity contribution in [1.82, 2.24) is 29.6 Å². The molecule has 1 atom stereocenters. The van der Waals surface area contributed by atoms with E-state index in [0.29, 0.717) is 17.2 Å². The number of alkyl halides is 2. The standard InChI is InChI=1S/C21H26F2N8O/c1-13(32)26-17-8-15-14(9-25-17)19(30-7-6-20(2,12-30)29(4)5)28-31(15)18-11-24-10-16(27-18)21(3,22)23/h8-11H,6-7,12H2,1-5H3,(H,25,26,32)/t20-/m0/s1. The second-order valence-electron chi connectivity index (χ2n) is 8.72. The third-order valence-electron chi connectivity index (χ3n) is 5.97. The second-order valence-corrected chi connectivity index (χ2v) is 8.72. The van der Waals surface area contributed by atoms with E-state index in [0.717, 1.165) is 38.0 Å². The highest BCUT2D eigenvalue weighted by atomic mass is 19.3. The number of hydrogen-bond donors (Lipinski definition) is 1. The van der Waals surface area contributed by atoms with Crippen molar-refractivity contribution in [2.45, 2.75) is 38.7 Å². The molecule has 4 rings (SSSR count). The molecule has 0 saturated carbocycles. The number of rotatable bonds is 5. The molecular weight excluding hydrogens is 418 g/mol. The lowest BCUT2D eigenvalue weighted by Crippen LogP contribution is -2.43. The summed E-state index contributed by atoms with van der Waals surface area (Å²) in [6.45, 7) is 5.89. The van der Waals surface area contributed by atoms with Crippen LogP contribution in [0, 0.1) is 0 Å². The first-order valence-electron chi connectivity index (χ1n) is 10.3. The maximum atomic E-state index is 13.9. The summed E-state index contributed by atoms with van der Waals surface area (Å²) in [5, 5.41) is 8.12. The Morgan fingerprint density at radius 1 is 1.28 bits per heavy atom. The van der Waals surface area contributed by atoms with E-state index in [1.165, 1.54) is 17.8 Å². The fraction of sp³-hybridized carbons (Fsp3) is 0.476. The predicted octanol–water partition coefficient (Wildman–Crippen LogP) is 2.81. The number of halogens is 2. The van der Waals surface area contributed by atoms with Gasteiger partial charge in [-0.25, -0.2) is 14.6 Å². The average molecular weight is 444 g/mol. The molecule has 0 spiro atoms. The SMILES string of the molecule is CC(=O)Nc1cc2c(cn1)c(N1CC[C@](C)(N(C)C)C1)nn2-c1cncc(C(C)(F)F)n1. The first-order chi connectivity index (χ1) is 15.0. The van der Waals surface area contributed by atoms with Crippen LogP contribution >= 0.6 is 0 Å². The molecule has 1 fully saturated rings. The predicted molar refractivity (Wildman–Crippen MR) is 117 cm³/mol. The number of carbonyl (C=O) groups is 1. The maximum Gasteiger partial charge on any atom is 0.288 e. The molecule has 0 radical (unpaired) electrons. The van der Waals surface area contributed by atoms with Crippen LogP contribution in [0.4, 0.5) is 20.4 Å². The number of anilines is 2. The molecule has 3 aromatic heterocycles. The first-order valence-corrected chi connectivity index (χ1v) is 10.3. The lowest BCUT2D eigenvalue weighted by molar-refractivity contribution is -0.114. The molecule has 32 heavy (non-hydrogen) atoms. The molecule has 3 aromatic rings. The van der Waals surface area contributed by atoms with Gasteiger partial charge in [-0.2, -0.15) is 8.78 Å². The van der Waals surface area contributed by atoms with Crippen LogP contribution in [0.2, 0.25) is 0 Å². The number of fused-ring (bicyclic) bond motifs is 1. The van der Waals surface area contributed by atoms with Crippen molar-refractivity contribution in [2.24, 2.45) is 0 Å². The number of pyridine rings is 1. The molecule has 9 nitrogen and oxygen atoms in total. The molecule has 1 aliphatic rings. The zero-order chi connectivity index (χ0) is 23.3. The van der Waals surface area contributed by atoms with E-state index in [9.17, 15) is 13.6 Å². The van der Waals surface area contributed by atoms with E-state index in [1.807, 2.05) is 14.1 Å². The second kappa shape index (κ2) is 7.73. The van der Waals surface area contributed by atoms with E-state index >= 15 is 0 Å². The Balaban J connectivity index is 1.86. The molecule has 170 valence electrons. The molecule has 0 aromatic carbocycles. The Bertz CT molecular complexity index is 1170. The van der Waals surface area contributed by atoms with Crippen molar-refractivity contribution >= 4 is 28.4 Å². The van der Waals surface area contributed by atoms with Crippen molar-refractivity contribution in [1.29, 1.82) is 0 Å². The molecule has 4 heterocycles. The Morgan fingerprint density at radius 3 is 2.66 bits per heavy atom. The van der Waals surface area contributed by atoms with Crippen LogP contribution in [0.1, 0.15) is 32.9 Å². The van der Waals surface area contributed by atoms with Crippen LogP contribution in [0.25, 0.3) is 16.7 Å². The summed E-state index contributed by atoms with van der Waals surface area (Å²) in [7, 11) is 4.10. The Labute approximate surface area is 184 Å². The minimum absolute atomic E-state index is 0.0242. The third-order valence-corrected chi connectivity index (χ3v) is 5.97. The van der Waals surface area contributed by atoms with Gasteiger partial charge in [-0.15, -0.1) is 5.10 Å². The molecule has 1 amide bonds. The van der Waals surface area contributed by atoms with E-state index in [1.54, 1.807) is 12.3 Å². The normalized spacial score (nSPS) is 19.2. The zero-order valence-electron chi connectivity index (χ0n) is 18.7. The molecule has 0 unspecified atom stereocenters. The smallest absolute Gasteiger partial charge is 0.288 e. The van der Waals surface area contributed by atoms with Crippen LogP contribution < -0.4 is 10.2 Å². The highest BCUT2D eigenvalue weighted by molar-refractivity contribution is 5.95. The van der Waals surface area contributed by atoms with E-state index in [-0.39, 0.29) is 17.3 Å². The molecular formula is C21H26F2N8O. The number of aromatic nitrogens is 5. The van der Waals surface area contributed by atoms with Gasteiger partial charge in [0.1, 0.15) is 11.5 Å². The molecule has 0 aliphatic carbocycles. The number of hydrogen-bond acceptors (Lipinski definition) is 7. The van der Waals surface area contributed by atoms with E-state index in [2.05, 4.69) is 37.0 Å². The third kappa shape index (κ3) is 3.99. The highest BCUT2D eigenvalue weighted by Crippen LogP contribution is 2.35. The topological polar surface area (TPSA) is 92.1 Å². The summed E-state index contributed by atoms with van der Waals surface area (Å²) in [6.07, 6.45) is 5.01. The van der Waals surface area contributed by atoms with Gasteiger partial charge < -0.3 is 15.1 Å². The number of likely N-dealkylation sites (N-methyl/N-ethyl adjacent to an activating group) is 1. The van der Waals surface area contributed by atoms with E-state index in [4.69, 9.17) is 5.10 Å². The van der Waals surface area contributed by atoms with Crippen LogP contribution in [0.15, 0.2) is 24.7 Å². The van der Waals surface area contributed by atoms with Gasteiger partial charge >= 0.3 is 0 Å². The fourth-order valence-corrected chi connectivity index (χ4v) is 3.81. The van der Waals surface area contributed by atoms with Crippen molar-refractivity contribution in [3.05, 3.63) is 30.4 Å². The molecule has 11 heteroatoms. The summed E-state index contributed by atoms with van der Waals surface area (Å²) in [6, 6.07) is 1.66. The summed E-state index contributed by atoms with van der Waals surface area (Å²) >= 11 is 0. The van der Waals surface area contributed by atoms with Gasteiger partial charge in [0.05, 0.1) is 23.3 Å². The summed E-state index contributed by atoms with van der Waals surface area (Å²) in [5.41, 5.74) is 0.115. The number of amides is 1.